The first-order valence-electron chi connectivity index (χ1n) is 35.6. The maximum Gasteiger partial charge on any atom is 0.306 e. The lowest BCUT2D eigenvalue weighted by Crippen LogP contribution is -2.30. The van der Waals surface area contributed by atoms with E-state index in [0.717, 1.165) is 83.5 Å². The molecule has 0 spiro atoms. The summed E-state index contributed by atoms with van der Waals surface area (Å²) >= 11 is 0. The number of ether oxygens (including phenoxy) is 3. The van der Waals surface area contributed by atoms with Crippen molar-refractivity contribution in [3.63, 3.8) is 0 Å². The fraction of sp³-hybridized carbons (Fsp3) is 0.851. The molecule has 0 aromatic heterocycles. The first-order valence-corrected chi connectivity index (χ1v) is 35.6. The average molecular weight is 1120 g/mol. The van der Waals surface area contributed by atoms with Gasteiger partial charge in [-0.2, -0.15) is 0 Å². The molecule has 0 heterocycles. The highest BCUT2D eigenvalue weighted by molar-refractivity contribution is 5.71. The number of unbranched alkanes of at least 4 members (excludes halogenated alkanes) is 47. The monoisotopic (exact) mass is 1120 g/mol. The number of rotatable bonds is 66. The van der Waals surface area contributed by atoms with Crippen molar-refractivity contribution in [3.8, 4) is 0 Å². The van der Waals surface area contributed by atoms with E-state index in [-0.39, 0.29) is 31.1 Å². The minimum absolute atomic E-state index is 0.0678. The first-order chi connectivity index (χ1) is 39.5. The molecule has 0 N–H and O–H groups in total. The zero-order valence-corrected chi connectivity index (χ0v) is 53.9. The third kappa shape index (κ3) is 66.2. The Balaban J connectivity index is 4.14. The second-order valence-electron chi connectivity index (χ2n) is 24.1. The van der Waals surface area contributed by atoms with Crippen LogP contribution in [0.2, 0.25) is 0 Å². The molecule has 0 fully saturated rings. The highest BCUT2D eigenvalue weighted by Crippen LogP contribution is 2.19. The van der Waals surface area contributed by atoms with Gasteiger partial charge < -0.3 is 14.2 Å². The van der Waals surface area contributed by atoms with Gasteiger partial charge in [-0.25, -0.2) is 0 Å². The van der Waals surface area contributed by atoms with Crippen molar-refractivity contribution in [1.29, 1.82) is 0 Å². The molecule has 0 rings (SSSR count). The topological polar surface area (TPSA) is 78.9 Å². The molecule has 0 aromatic rings. The summed E-state index contributed by atoms with van der Waals surface area (Å²) in [6.07, 6.45) is 87.3. The minimum atomic E-state index is -0.771. The van der Waals surface area contributed by atoms with Crippen molar-refractivity contribution in [3.05, 3.63) is 48.6 Å². The summed E-state index contributed by atoms with van der Waals surface area (Å²) in [6, 6.07) is 0. The van der Waals surface area contributed by atoms with Gasteiger partial charge in [0.2, 0.25) is 0 Å². The normalized spacial score (nSPS) is 12.3. The Labute approximate surface area is 498 Å². The summed E-state index contributed by atoms with van der Waals surface area (Å²) in [4.78, 5) is 38.3. The van der Waals surface area contributed by atoms with Gasteiger partial charge >= 0.3 is 17.9 Å². The molecular formula is C74H136O6. The van der Waals surface area contributed by atoms with Crippen molar-refractivity contribution >= 4 is 17.9 Å². The molecule has 0 radical (unpaired) electrons. The smallest absolute Gasteiger partial charge is 0.306 e. The summed E-state index contributed by atoms with van der Waals surface area (Å²) in [5.41, 5.74) is 0. The maximum absolute atomic E-state index is 12.9. The fourth-order valence-corrected chi connectivity index (χ4v) is 10.8. The number of hydrogen-bond donors (Lipinski definition) is 0. The van der Waals surface area contributed by atoms with E-state index in [1.807, 2.05) is 0 Å². The van der Waals surface area contributed by atoms with Crippen LogP contribution < -0.4 is 0 Å². The van der Waals surface area contributed by atoms with E-state index >= 15 is 0 Å². The molecule has 6 heteroatoms. The van der Waals surface area contributed by atoms with Gasteiger partial charge in [-0.15, -0.1) is 0 Å². The molecule has 0 amide bonds. The van der Waals surface area contributed by atoms with Crippen LogP contribution in [0.4, 0.5) is 0 Å². The molecule has 0 bridgehead atoms. The van der Waals surface area contributed by atoms with Crippen molar-refractivity contribution in [2.24, 2.45) is 0 Å². The van der Waals surface area contributed by atoms with E-state index < -0.39 is 6.10 Å². The van der Waals surface area contributed by atoms with E-state index in [1.54, 1.807) is 0 Å². The van der Waals surface area contributed by atoms with Crippen LogP contribution in [-0.2, 0) is 28.6 Å². The summed E-state index contributed by atoms with van der Waals surface area (Å²) in [6.45, 7) is 6.58. The van der Waals surface area contributed by atoms with Crippen LogP contribution in [0.3, 0.4) is 0 Å². The van der Waals surface area contributed by atoms with E-state index in [1.165, 1.54) is 263 Å². The van der Waals surface area contributed by atoms with Crippen LogP contribution in [0, 0.1) is 0 Å². The number of hydrogen-bond acceptors (Lipinski definition) is 6. The van der Waals surface area contributed by atoms with Gasteiger partial charge in [-0.3, -0.25) is 14.4 Å². The largest absolute Gasteiger partial charge is 0.462 e. The lowest BCUT2D eigenvalue weighted by Gasteiger charge is -2.18. The Hall–Kier alpha value is -2.63. The van der Waals surface area contributed by atoms with Gasteiger partial charge in [-0.05, 0) is 57.8 Å². The van der Waals surface area contributed by atoms with Crippen LogP contribution in [-0.4, -0.2) is 37.2 Å². The first kappa shape index (κ1) is 77.4. The molecule has 1 atom stereocenters. The maximum atomic E-state index is 12.9. The Kier molecular flexibility index (Phi) is 66.6. The number of carbonyl (C=O) groups excluding carboxylic acids is 3. The quantitative estimate of drug-likeness (QED) is 0.0261. The minimum Gasteiger partial charge on any atom is -0.462 e. The summed E-state index contributed by atoms with van der Waals surface area (Å²) in [5.74, 6) is -0.845. The molecule has 80 heavy (non-hydrogen) atoms. The average Bonchev–Trinajstić information content (AvgIpc) is 3.46. The Morgan fingerprint density at radius 1 is 0.263 bits per heavy atom. The Morgan fingerprint density at radius 3 is 0.762 bits per heavy atom. The summed E-state index contributed by atoms with van der Waals surface area (Å²) in [5, 5.41) is 0. The summed E-state index contributed by atoms with van der Waals surface area (Å²) < 4.78 is 17.0. The van der Waals surface area contributed by atoms with Crippen molar-refractivity contribution < 1.29 is 28.6 Å². The zero-order chi connectivity index (χ0) is 57.8. The fourth-order valence-electron chi connectivity index (χ4n) is 10.8. The number of carbonyl (C=O) groups is 3. The van der Waals surface area contributed by atoms with Crippen LogP contribution in [0.5, 0.6) is 0 Å². The lowest BCUT2D eigenvalue weighted by molar-refractivity contribution is -0.167. The van der Waals surface area contributed by atoms with Gasteiger partial charge in [-0.1, -0.05) is 358 Å². The molecular weight excluding hydrogens is 985 g/mol. The lowest BCUT2D eigenvalue weighted by atomic mass is 10.0. The number of allylic oxidation sites excluding steroid dienone is 8. The second-order valence-corrected chi connectivity index (χ2v) is 24.1. The Bertz CT molecular complexity index is 1380. The standard InChI is InChI=1S/C74H136O6/c1-4-7-10-13-16-19-22-24-26-28-30-32-34-36-37-39-40-42-44-46-48-50-52-55-58-61-64-67-73(76)79-70-71(69-78-72(75)66-63-60-57-54-21-18-15-12-9-6-3)80-74(77)68-65-62-59-56-53-51-49-47-45-43-41-38-35-33-31-29-27-25-23-20-17-14-11-8-5-2/h8,11,17,20,25,27,31,33,71H,4-7,9-10,12-16,18-19,21-24,26,28-30,32,34-70H2,1-3H3/b11-8-,20-17-,27-25-,33-31-. The van der Waals surface area contributed by atoms with Gasteiger partial charge in [0.1, 0.15) is 13.2 Å². The molecule has 0 aliphatic carbocycles. The molecule has 1 unspecified atom stereocenters. The van der Waals surface area contributed by atoms with Crippen molar-refractivity contribution in [2.75, 3.05) is 13.2 Å². The number of esters is 3. The van der Waals surface area contributed by atoms with E-state index in [2.05, 4.69) is 69.4 Å². The van der Waals surface area contributed by atoms with Crippen molar-refractivity contribution in [1.82, 2.24) is 0 Å². The van der Waals surface area contributed by atoms with Crippen LogP contribution >= 0.6 is 0 Å². The Morgan fingerprint density at radius 2 is 0.487 bits per heavy atom. The third-order valence-corrected chi connectivity index (χ3v) is 16.1. The molecule has 0 aliphatic heterocycles. The predicted octanol–water partition coefficient (Wildman–Crippen LogP) is 24.5. The van der Waals surface area contributed by atoms with Gasteiger partial charge in [0.05, 0.1) is 0 Å². The van der Waals surface area contributed by atoms with Crippen molar-refractivity contribution in [2.45, 2.75) is 393 Å². The zero-order valence-electron chi connectivity index (χ0n) is 53.9. The van der Waals surface area contributed by atoms with E-state index in [9.17, 15) is 14.4 Å². The van der Waals surface area contributed by atoms with Crippen LogP contribution in [0.15, 0.2) is 48.6 Å². The van der Waals surface area contributed by atoms with Gasteiger partial charge in [0, 0.05) is 19.3 Å². The van der Waals surface area contributed by atoms with Crippen LogP contribution in [0.1, 0.15) is 387 Å². The summed E-state index contributed by atoms with van der Waals surface area (Å²) in [7, 11) is 0. The van der Waals surface area contributed by atoms with Crippen LogP contribution in [0.25, 0.3) is 0 Å². The SMILES string of the molecule is CC/C=C\C/C=C\C/C=C\C/C=C\CCCCCCCCCCCCCCC(=O)OC(COC(=O)CCCCCCCCCCCC)COC(=O)CCCCCCCCCCCCCCCCCCCCCCCCCCCCC. The molecule has 0 aromatic carbocycles. The second kappa shape index (κ2) is 68.9. The van der Waals surface area contributed by atoms with E-state index in [0.29, 0.717) is 19.3 Å². The molecule has 0 aliphatic rings. The highest BCUT2D eigenvalue weighted by atomic mass is 16.6. The molecule has 0 saturated carbocycles. The molecule has 6 nitrogen and oxygen atoms in total. The van der Waals surface area contributed by atoms with E-state index in [4.69, 9.17) is 14.2 Å². The molecule has 468 valence electrons. The van der Waals surface area contributed by atoms with Gasteiger partial charge in [0.25, 0.3) is 0 Å². The predicted molar refractivity (Wildman–Crippen MR) is 349 cm³/mol. The highest BCUT2D eigenvalue weighted by Gasteiger charge is 2.19. The third-order valence-electron chi connectivity index (χ3n) is 16.1. The molecule has 0 saturated heterocycles. The van der Waals surface area contributed by atoms with Gasteiger partial charge in [0.15, 0.2) is 6.10 Å².